The molecule has 1 saturated carbocycles. The minimum atomic E-state index is -1.04. The van der Waals surface area contributed by atoms with Crippen molar-refractivity contribution in [1.82, 2.24) is 24.9 Å². The number of carbonyl (C=O) groups is 5. The summed E-state index contributed by atoms with van der Waals surface area (Å²) in [5, 5.41) is 17.6. The van der Waals surface area contributed by atoms with Crippen molar-refractivity contribution in [3.8, 4) is 11.8 Å². The van der Waals surface area contributed by atoms with E-state index >= 15 is 0 Å². The van der Waals surface area contributed by atoms with E-state index in [0.717, 1.165) is 74.8 Å². The van der Waals surface area contributed by atoms with Gasteiger partial charge in [-0.05, 0) is 106 Å². The summed E-state index contributed by atoms with van der Waals surface area (Å²) in [6.07, 6.45) is 6.47. The maximum Gasteiger partial charge on any atom is 0.269 e. The number of imide groups is 2. The van der Waals surface area contributed by atoms with E-state index in [1.807, 2.05) is 18.2 Å². The molecule has 5 amide bonds. The molecule has 6 aliphatic rings. The van der Waals surface area contributed by atoms with Crippen LogP contribution < -0.4 is 20.3 Å². The smallest absolute Gasteiger partial charge is 0.269 e. The lowest BCUT2D eigenvalue weighted by molar-refractivity contribution is -0.155. The van der Waals surface area contributed by atoms with Crippen LogP contribution in [0.4, 0.5) is 11.5 Å². The van der Waals surface area contributed by atoms with Crippen molar-refractivity contribution in [2.45, 2.75) is 94.5 Å². The molecule has 2 aromatic carbocycles. The molecule has 16 heteroatoms. The van der Waals surface area contributed by atoms with Crippen molar-refractivity contribution in [2.75, 3.05) is 42.5 Å². The van der Waals surface area contributed by atoms with Gasteiger partial charge in [-0.1, -0.05) is 11.6 Å². The fraction of sp³-hybridized carbons (Fsp3) is 0.488. The van der Waals surface area contributed by atoms with E-state index in [1.165, 1.54) is 4.90 Å². The van der Waals surface area contributed by atoms with E-state index in [2.05, 4.69) is 24.9 Å². The Morgan fingerprint density at radius 3 is 2.19 bits per heavy atom. The zero-order valence-corrected chi connectivity index (χ0v) is 33.4. The monoisotopic (exact) mass is 819 g/mol. The van der Waals surface area contributed by atoms with Gasteiger partial charge in [0.15, 0.2) is 11.5 Å². The first-order valence-electron chi connectivity index (χ1n) is 20.7. The van der Waals surface area contributed by atoms with E-state index < -0.39 is 29.7 Å². The van der Waals surface area contributed by atoms with Gasteiger partial charge < -0.3 is 20.3 Å². The lowest BCUT2D eigenvalue weighted by Crippen LogP contribution is -2.59. The van der Waals surface area contributed by atoms with Crippen LogP contribution in [0.15, 0.2) is 48.5 Å². The number of ether oxygens (including phenoxy) is 1. The molecule has 5 fully saturated rings. The molecule has 3 atom stereocenters. The lowest BCUT2D eigenvalue weighted by atomic mass is 9.89. The number of nitriles is 1. The van der Waals surface area contributed by atoms with Crippen molar-refractivity contribution < 1.29 is 28.7 Å². The second-order valence-electron chi connectivity index (χ2n) is 16.8. The SMILES string of the molecule is N#Cc1ccc(OC2CCC(N3C(=O)CC[C@@H](N4C(=O)c5ccc(N6[C@@H]7CC[C@@H]6CN(CC6CCN(c8ccc(C(N)=O)nn8)CC6)C7)cc5C4=O)C3=O)CC2)cc1Cl. The van der Waals surface area contributed by atoms with Crippen molar-refractivity contribution in [3.63, 3.8) is 0 Å². The summed E-state index contributed by atoms with van der Waals surface area (Å²) in [5.74, 6) is -0.463. The number of nitrogens with zero attached hydrogens (tertiary/aromatic N) is 8. The van der Waals surface area contributed by atoms with Crippen molar-refractivity contribution in [3.05, 3.63) is 75.9 Å². The maximum atomic E-state index is 14.1. The summed E-state index contributed by atoms with van der Waals surface area (Å²) < 4.78 is 6.12. The van der Waals surface area contributed by atoms with Gasteiger partial charge in [0.25, 0.3) is 23.6 Å². The Bertz CT molecular complexity index is 2220. The number of hydrogen-bond donors (Lipinski definition) is 1. The van der Waals surface area contributed by atoms with Crippen LogP contribution >= 0.6 is 11.6 Å². The molecule has 3 aromatic rings. The Labute approximate surface area is 347 Å². The fourth-order valence-electron chi connectivity index (χ4n) is 10.3. The number of fused-ring (bicyclic) bond motifs is 3. The van der Waals surface area contributed by atoms with Gasteiger partial charge in [0.1, 0.15) is 17.9 Å². The number of benzene rings is 2. The minimum Gasteiger partial charge on any atom is -0.490 e. The molecule has 9 rings (SSSR count). The van der Waals surface area contributed by atoms with Gasteiger partial charge in [-0.15, -0.1) is 10.2 Å². The van der Waals surface area contributed by atoms with Crippen molar-refractivity contribution in [1.29, 1.82) is 5.26 Å². The second-order valence-corrected chi connectivity index (χ2v) is 17.2. The molecule has 0 spiro atoms. The van der Waals surface area contributed by atoms with Crippen LogP contribution in [0.25, 0.3) is 0 Å². The number of piperidine rings is 2. The van der Waals surface area contributed by atoms with Gasteiger partial charge in [0.05, 0.1) is 27.8 Å². The molecule has 0 unspecified atom stereocenters. The first-order chi connectivity index (χ1) is 28.6. The van der Waals surface area contributed by atoms with E-state index in [-0.39, 0.29) is 48.7 Å². The molecule has 1 aromatic heterocycles. The normalized spacial score (nSPS) is 26.3. The van der Waals surface area contributed by atoms with Gasteiger partial charge >= 0.3 is 0 Å². The van der Waals surface area contributed by atoms with Gasteiger partial charge in [-0.3, -0.25) is 38.7 Å². The molecule has 59 heavy (non-hydrogen) atoms. The number of aromatic nitrogens is 2. The number of primary amides is 1. The van der Waals surface area contributed by atoms with Gasteiger partial charge in [0.2, 0.25) is 5.91 Å². The Morgan fingerprint density at radius 1 is 0.814 bits per heavy atom. The first kappa shape index (κ1) is 38.9. The standard InChI is InChI=1S/C43H46ClN9O6/c44-35-20-32(7-1-26(35)21-45)59-31-8-4-27(5-9-31)52-39(54)14-12-37(43(52)58)53-41(56)33-10-6-28(19-34(33)42(53)57)51-29-2-3-30(51)24-49(23-29)22-25-15-17-50(18-16-25)38-13-11-36(40(46)55)47-48-38/h1,6-7,10-11,13,19-20,25,27,29-31,37H,2-5,8-9,12,14-18,22-24H2,(H2,46,55)/t27?,29-,30-,31?,37-/m1/s1. The molecule has 0 radical (unpaired) electrons. The molecule has 6 heterocycles. The van der Waals surface area contributed by atoms with Crippen LogP contribution in [0.2, 0.25) is 5.02 Å². The molecular weight excluding hydrogens is 774 g/mol. The third-order valence-electron chi connectivity index (χ3n) is 13.2. The van der Waals surface area contributed by atoms with Gasteiger partial charge in [0, 0.05) is 69.0 Å². The zero-order chi connectivity index (χ0) is 40.9. The number of piperazine rings is 1. The lowest BCUT2D eigenvalue weighted by Gasteiger charge is -2.44. The molecule has 4 saturated heterocycles. The highest BCUT2D eigenvalue weighted by Gasteiger charge is 2.49. The molecular formula is C43H46ClN9O6. The molecule has 5 aliphatic heterocycles. The number of anilines is 2. The van der Waals surface area contributed by atoms with Gasteiger partial charge in [-0.2, -0.15) is 5.26 Å². The van der Waals surface area contributed by atoms with Crippen molar-refractivity contribution in [2.24, 2.45) is 11.7 Å². The molecule has 306 valence electrons. The predicted octanol–water partition coefficient (Wildman–Crippen LogP) is 4.17. The third kappa shape index (κ3) is 7.37. The average molecular weight is 820 g/mol. The van der Waals surface area contributed by atoms with Crippen LogP contribution in [-0.4, -0.2) is 117 Å². The van der Waals surface area contributed by atoms with E-state index in [9.17, 15) is 24.0 Å². The third-order valence-corrected chi connectivity index (χ3v) is 13.5. The Hall–Kier alpha value is -5.59. The number of likely N-dealkylation sites (tertiary alicyclic amines) is 2. The Kier molecular flexibility index (Phi) is 10.5. The first-order valence-corrected chi connectivity index (χ1v) is 21.1. The second kappa shape index (κ2) is 15.9. The van der Waals surface area contributed by atoms with Crippen molar-refractivity contribution >= 4 is 52.6 Å². The average Bonchev–Trinajstić information content (AvgIpc) is 3.65. The van der Waals surface area contributed by atoms with E-state index in [1.54, 1.807) is 36.4 Å². The number of hydrogen-bond acceptors (Lipinski definition) is 12. The molecule has 2 N–H and O–H groups in total. The number of nitrogens with two attached hydrogens (primary N) is 1. The Balaban J connectivity index is 0.806. The van der Waals surface area contributed by atoms with Gasteiger partial charge in [-0.25, -0.2) is 0 Å². The number of amides is 5. The molecule has 2 bridgehead atoms. The zero-order valence-electron chi connectivity index (χ0n) is 32.7. The highest BCUT2D eigenvalue weighted by atomic mass is 35.5. The van der Waals surface area contributed by atoms with E-state index in [0.29, 0.717) is 59.1 Å². The predicted molar refractivity (Wildman–Crippen MR) is 216 cm³/mol. The number of carbonyl (C=O) groups excluding carboxylic acids is 5. The summed E-state index contributed by atoms with van der Waals surface area (Å²) in [4.78, 5) is 76.3. The Morgan fingerprint density at radius 2 is 1.53 bits per heavy atom. The summed E-state index contributed by atoms with van der Waals surface area (Å²) in [5.41, 5.74) is 7.37. The molecule has 1 aliphatic carbocycles. The molecule has 15 nitrogen and oxygen atoms in total. The van der Waals surface area contributed by atoms with Crippen LogP contribution in [-0.2, 0) is 9.59 Å². The van der Waals surface area contributed by atoms with E-state index in [4.69, 9.17) is 27.3 Å². The van der Waals surface area contributed by atoms with Crippen LogP contribution in [0.5, 0.6) is 5.75 Å². The quantitative estimate of drug-likeness (QED) is 0.304. The summed E-state index contributed by atoms with van der Waals surface area (Å²) >= 11 is 6.18. The minimum absolute atomic E-state index is 0.0723. The summed E-state index contributed by atoms with van der Waals surface area (Å²) in [7, 11) is 0. The topological polar surface area (TPSA) is 186 Å². The summed E-state index contributed by atoms with van der Waals surface area (Å²) in [6, 6.07) is 15.1. The highest BCUT2D eigenvalue weighted by molar-refractivity contribution is 6.31. The van der Waals surface area contributed by atoms with Crippen LogP contribution in [0.1, 0.15) is 101 Å². The summed E-state index contributed by atoms with van der Waals surface area (Å²) in [6.45, 7) is 4.61. The maximum absolute atomic E-state index is 14.1. The highest BCUT2D eigenvalue weighted by Crippen LogP contribution is 2.39. The number of halogens is 1. The van der Waals surface area contributed by atoms with Crippen LogP contribution in [0.3, 0.4) is 0 Å². The largest absolute Gasteiger partial charge is 0.490 e. The van der Waals surface area contributed by atoms with Crippen LogP contribution in [0, 0.1) is 17.2 Å². The fourth-order valence-corrected chi connectivity index (χ4v) is 10.5. The number of rotatable bonds is 9.